The number of carbonyl (C=O) groups is 1. The van der Waals surface area contributed by atoms with Gasteiger partial charge in [-0.2, -0.15) is 0 Å². The van der Waals surface area contributed by atoms with E-state index in [1.165, 1.54) is 11.8 Å². The Kier molecular flexibility index (Phi) is 5.99. The summed E-state index contributed by atoms with van der Waals surface area (Å²) in [5, 5.41) is 17.3. The smallest absolute Gasteiger partial charge is 0.313 e. The van der Waals surface area contributed by atoms with Crippen LogP contribution in [0.3, 0.4) is 0 Å². The van der Waals surface area contributed by atoms with Crippen molar-refractivity contribution in [2.24, 2.45) is 0 Å². The third-order valence-corrected chi connectivity index (χ3v) is 3.06. The van der Waals surface area contributed by atoms with Crippen LogP contribution >= 0.6 is 11.8 Å². The van der Waals surface area contributed by atoms with Crippen LogP contribution in [0.2, 0.25) is 0 Å². The monoisotopic (exact) mass is 259 g/mol. The van der Waals surface area contributed by atoms with Crippen LogP contribution in [0.1, 0.15) is 19.7 Å². The number of nitrogens with zero attached hydrogens (tertiary/aromatic N) is 3. The molecular formula is C10H17N3O3S. The maximum Gasteiger partial charge on any atom is 0.313 e. The highest BCUT2D eigenvalue weighted by atomic mass is 32.2. The van der Waals surface area contributed by atoms with Crippen molar-refractivity contribution >= 4 is 17.7 Å². The lowest BCUT2D eigenvalue weighted by molar-refractivity contribution is -0.133. The van der Waals surface area contributed by atoms with Gasteiger partial charge in [-0.25, -0.2) is 0 Å². The van der Waals surface area contributed by atoms with Gasteiger partial charge in [0.25, 0.3) is 0 Å². The minimum atomic E-state index is -0.850. The normalized spacial score (nSPS) is 10.7. The van der Waals surface area contributed by atoms with Crippen molar-refractivity contribution < 1.29 is 14.6 Å². The molecule has 1 aromatic rings. The molecule has 0 aliphatic heterocycles. The average Bonchev–Trinajstić information content (AvgIpc) is 2.69. The SMILES string of the molecule is CCOCCc1nnc(SCC(=O)O)n1CC. The van der Waals surface area contributed by atoms with Crippen LogP contribution in [0.25, 0.3) is 0 Å². The number of hydrogen-bond donors (Lipinski definition) is 1. The third kappa shape index (κ3) is 4.35. The van der Waals surface area contributed by atoms with Crippen molar-refractivity contribution in [3.8, 4) is 0 Å². The molecule has 0 saturated heterocycles. The first-order valence-electron chi connectivity index (χ1n) is 5.53. The van der Waals surface area contributed by atoms with Gasteiger partial charge >= 0.3 is 5.97 Å². The molecule has 0 aliphatic carbocycles. The van der Waals surface area contributed by atoms with Crippen molar-refractivity contribution in [1.82, 2.24) is 14.8 Å². The van der Waals surface area contributed by atoms with Crippen LogP contribution < -0.4 is 0 Å². The summed E-state index contributed by atoms with van der Waals surface area (Å²) in [7, 11) is 0. The zero-order chi connectivity index (χ0) is 12.7. The van der Waals surface area contributed by atoms with E-state index >= 15 is 0 Å². The summed E-state index contributed by atoms with van der Waals surface area (Å²) < 4.78 is 7.19. The molecule has 0 unspecified atom stereocenters. The number of thioether (sulfide) groups is 1. The summed E-state index contributed by atoms with van der Waals surface area (Å²) in [4.78, 5) is 10.5. The maximum absolute atomic E-state index is 10.5. The fourth-order valence-corrected chi connectivity index (χ4v) is 2.10. The zero-order valence-electron chi connectivity index (χ0n) is 10.0. The molecule has 96 valence electrons. The van der Waals surface area contributed by atoms with E-state index in [1.807, 2.05) is 18.4 Å². The molecular weight excluding hydrogens is 242 g/mol. The van der Waals surface area contributed by atoms with Gasteiger partial charge in [0, 0.05) is 19.6 Å². The number of hydrogen-bond acceptors (Lipinski definition) is 5. The predicted octanol–water partition coefficient (Wildman–Crippen LogP) is 1.05. The highest BCUT2D eigenvalue weighted by Crippen LogP contribution is 2.16. The van der Waals surface area contributed by atoms with Gasteiger partial charge in [0.2, 0.25) is 0 Å². The lowest BCUT2D eigenvalue weighted by Gasteiger charge is -2.06. The summed E-state index contributed by atoms with van der Waals surface area (Å²) >= 11 is 1.19. The van der Waals surface area contributed by atoms with Crippen molar-refractivity contribution in [2.75, 3.05) is 19.0 Å². The van der Waals surface area contributed by atoms with Gasteiger partial charge in [-0.15, -0.1) is 10.2 Å². The molecule has 0 spiro atoms. The van der Waals surface area contributed by atoms with E-state index in [2.05, 4.69) is 10.2 Å². The summed E-state index contributed by atoms with van der Waals surface area (Å²) in [6, 6.07) is 0. The minimum absolute atomic E-state index is 0.00356. The van der Waals surface area contributed by atoms with Crippen LogP contribution in [0.4, 0.5) is 0 Å². The lowest BCUT2D eigenvalue weighted by Crippen LogP contribution is -2.08. The number of aliphatic carboxylic acids is 1. The molecule has 0 fully saturated rings. The minimum Gasteiger partial charge on any atom is -0.481 e. The number of rotatable bonds is 8. The number of ether oxygens (including phenoxy) is 1. The average molecular weight is 259 g/mol. The Morgan fingerprint density at radius 1 is 1.47 bits per heavy atom. The van der Waals surface area contributed by atoms with E-state index in [4.69, 9.17) is 9.84 Å². The Labute approximate surface area is 104 Å². The van der Waals surface area contributed by atoms with Crippen molar-refractivity contribution in [1.29, 1.82) is 0 Å². The molecule has 0 amide bonds. The lowest BCUT2D eigenvalue weighted by atomic mass is 10.4. The Balaban J connectivity index is 2.62. The van der Waals surface area contributed by atoms with Gasteiger partial charge in [-0.05, 0) is 13.8 Å². The number of aromatic nitrogens is 3. The van der Waals surface area contributed by atoms with E-state index in [0.717, 1.165) is 12.4 Å². The van der Waals surface area contributed by atoms with Gasteiger partial charge in [-0.1, -0.05) is 11.8 Å². The second-order valence-electron chi connectivity index (χ2n) is 3.27. The van der Waals surface area contributed by atoms with Gasteiger partial charge in [0.05, 0.1) is 12.4 Å². The molecule has 1 aromatic heterocycles. The molecule has 0 aromatic carbocycles. The molecule has 0 atom stereocenters. The first-order chi connectivity index (χ1) is 8.19. The highest BCUT2D eigenvalue weighted by molar-refractivity contribution is 7.99. The molecule has 17 heavy (non-hydrogen) atoms. The molecule has 0 aliphatic rings. The topological polar surface area (TPSA) is 77.2 Å². The fourth-order valence-electron chi connectivity index (χ4n) is 1.36. The van der Waals surface area contributed by atoms with Crippen LogP contribution in [0.15, 0.2) is 5.16 Å². The molecule has 1 rings (SSSR count). The van der Waals surface area contributed by atoms with E-state index in [1.54, 1.807) is 0 Å². The first-order valence-corrected chi connectivity index (χ1v) is 6.52. The van der Waals surface area contributed by atoms with Crippen LogP contribution in [-0.2, 0) is 22.5 Å². The van der Waals surface area contributed by atoms with Crippen molar-refractivity contribution in [3.63, 3.8) is 0 Å². The number of carboxylic acid groups (broad SMARTS) is 1. The molecule has 6 nitrogen and oxygen atoms in total. The molecule has 0 radical (unpaired) electrons. The van der Waals surface area contributed by atoms with Gasteiger partial charge in [0.15, 0.2) is 5.16 Å². The van der Waals surface area contributed by atoms with Crippen LogP contribution in [-0.4, -0.2) is 44.8 Å². The van der Waals surface area contributed by atoms with Gasteiger partial charge < -0.3 is 14.4 Å². The first kappa shape index (κ1) is 14.0. The van der Waals surface area contributed by atoms with E-state index < -0.39 is 5.97 Å². The Morgan fingerprint density at radius 3 is 2.82 bits per heavy atom. The van der Waals surface area contributed by atoms with E-state index in [0.29, 0.717) is 24.8 Å². The van der Waals surface area contributed by atoms with E-state index in [9.17, 15) is 4.79 Å². The molecule has 7 heteroatoms. The zero-order valence-corrected chi connectivity index (χ0v) is 10.9. The molecule has 0 bridgehead atoms. The highest BCUT2D eigenvalue weighted by Gasteiger charge is 2.12. The molecule has 1 heterocycles. The summed E-state index contributed by atoms with van der Waals surface area (Å²) in [5.41, 5.74) is 0. The van der Waals surface area contributed by atoms with Crippen molar-refractivity contribution in [2.45, 2.75) is 32.0 Å². The predicted molar refractivity (Wildman–Crippen MR) is 64.3 cm³/mol. The number of carboxylic acids is 1. The fraction of sp³-hybridized carbons (Fsp3) is 0.700. The summed E-state index contributed by atoms with van der Waals surface area (Å²) in [5.74, 6) is -0.00536. The molecule has 0 saturated carbocycles. The second-order valence-corrected chi connectivity index (χ2v) is 4.21. The Morgan fingerprint density at radius 2 is 2.24 bits per heavy atom. The third-order valence-electron chi connectivity index (χ3n) is 2.11. The van der Waals surface area contributed by atoms with Crippen molar-refractivity contribution in [3.05, 3.63) is 5.82 Å². The largest absolute Gasteiger partial charge is 0.481 e. The van der Waals surface area contributed by atoms with Gasteiger partial charge in [-0.3, -0.25) is 4.79 Å². The second kappa shape index (κ2) is 7.29. The standard InChI is InChI=1S/C10H17N3O3S/c1-3-13-8(5-6-16-4-2)11-12-10(13)17-7-9(14)15/h3-7H2,1-2H3,(H,14,15). The summed E-state index contributed by atoms with van der Waals surface area (Å²) in [6.07, 6.45) is 0.697. The Hall–Kier alpha value is -1.08. The summed E-state index contributed by atoms with van der Waals surface area (Å²) in [6.45, 7) is 5.95. The van der Waals surface area contributed by atoms with Crippen LogP contribution in [0.5, 0.6) is 0 Å². The van der Waals surface area contributed by atoms with E-state index in [-0.39, 0.29) is 5.75 Å². The molecule has 1 N–H and O–H groups in total. The van der Waals surface area contributed by atoms with Gasteiger partial charge in [0.1, 0.15) is 5.82 Å². The Bertz CT molecular complexity index is 368. The maximum atomic E-state index is 10.5. The van der Waals surface area contributed by atoms with Crippen LogP contribution in [0, 0.1) is 0 Å². The quantitative estimate of drug-likeness (QED) is 0.555.